The molecule has 0 saturated carbocycles. The van der Waals surface area contributed by atoms with E-state index in [0.29, 0.717) is 32.4 Å². The number of anilines is 1. The molecule has 0 N–H and O–H groups in total. The van der Waals surface area contributed by atoms with E-state index in [2.05, 4.69) is 0 Å². The number of benzene rings is 4. The second-order valence-corrected chi connectivity index (χ2v) is 11.2. The lowest BCUT2D eigenvalue weighted by atomic mass is 9.64. The summed E-state index contributed by atoms with van der Waals surface area (Å²) in [4.78, 5) is 45.5. The largest absolute Gasteiger partial charge is 0.352 e. The minimum Gasteiger partial charge on any atom is -0.352 e. The van der Waals surface area contributed by atoms with E-state index in [1.807, 2.05) is 23.1 Å². The maximum absolute atomic E-state index is 14.6. The third-order valence-corrected chi connectivity index (χ3v) is 8.88. The van der Waals surface area contributed by atoms with Crippen molar-refractivity contribution in [2.24, 2.45) is 5.41 Å². The van der Waals surface area contributed by atoms with E-state index in [0.717, 1.165) is 5.56 Å². The minimum atomic E-state index is -1.62. The first-order valence-electron chi connectivity index (χ1n) is 12.8. The second kappa shape index (κ2) is 8.98. The third kappa shape index (κ3) is 3.34. The summed E-state index contributed by atoms with van der Waals surface area (Å²) < 4.78 is 13.9. The van der Waals surface area contributed by atoms with Gasteiger partial charge in [0.25, 0.3) is 0 Å². The number of carbonyl (C=O) groups excluding carboxylic acids is 3. The predicted molar refractivity (Wildman–Crippen MR) is 153 cm³/mol. The first-order chi connectivity index (χ1) is 19.3. The fraction of sp³-hybridized carbons (Fsp3) is 0.121. The highest BCUT2D eigenvalue weighted by Gasteiger charge is 2.71. The topological polar surface area (TPSA) is 54.5 Å². The standard InChI is InChI=1S/C33H20Cl2FNO3/c34-21-10-5-18(6-11-21)28-29(30(38)19-7-13-23(36)14-8-19)37-26-15-12-22(35)17-20(26)9-16-27(37)33(28)31(39)24-3-1-2-4-25(24)32(33)40/h1-17,27-29H/t27-,28-,29+/m1/s1. The van der Waals surface area contributed by atoms with Crippen LogP contribution in [0.2, 0.25) is 10.0 Å². The number of nitrogens with zero attached hydrogens (tertiary/aromatic N) is 1. The van der Waals surface area contributed by atoms with Crippen molar-refractivity contribution in [1.29, 1.82) is 0 Å². The summed E-state index contributed by atoms with van der Waals surface area (Å²) >= 11 is 12.6. The molecule has 0 aromatic heterocycles. The van der Waals surface area contributed by atoms with Gasteiger partial charge in [-0.2, -0.15) is 0 Å². The summed E-state index contributed by atoms with van der Waals surface area (Å²) in [5.74, 6) is -2.30. The summed E-state index contributed by atoms with van der Waals surface area (Å²) in [6.07, 6.45) is 3.69. The van der Waals surface area contributed by atoms with E-state index in [9.17, 15) is 18.8 Å². The van der Waals surface area contributed by atoms with Gasteiger partial charge < -0.3 is 4.90 Å². The lowest BCUT2D eigenvalue weighted by molar-refractivity contribution is 0.0666. The van der Waals surface area contributed by atoms with Crippen LogP contribution in [0, 0.1) is 11.2 Å². The average molecular weight is 568 g/mol. The fourth-order valence-corrected chi connectivity index (χ4v) is 7.08. The first kappa shape index (κ1) is 24.9. The van der Waals surface area contributed by atoms with E-state index < -0.39 is 29.2 Å². The molecule has 7 heteroatoms. The van der Waals surface area contributed by atoms with Gasteiger partial charge in [0.1, 0.15) is 17.3 Å². The Hall–Kier alpha value is -4.06. The third-order valence-electron chi connectivity index (χ3n) is 8.39. The van der Waals surface area contributed by atoms with Gasteiger partial charge in [-0.25, -0.2) is 4.39 Å². The van der Waals surface area contributed by atoms with Gasteiger partial charge in [-0.3, -0.25) is 14.4 Å². The Labute approximate surface area is 239 Å². The lowest BCUT2D eigenvalue weighted by Crippen LogP contribution is -2.48. The first-order valence-corrected chi connectivity index (χ1v) is 13.6. The Morgan fingerprint density at radius 2 is 1.43 bits per heavy atom. The molecule has 7 rings (SSSR count). The zero-order valence-corrected chi connectivity index (χ0v) is 22.4. The van der Waals surface area contributed by atoms with Crippen molar-refractivity contribution < 1.29 is 18.8 Å². The molecule has 1 aliphatic carbocycles. The number of hydrogen-bond acceptors (Lipinski definition) is 4. The van der Waals surface area contributed by atoms with Crippen molar-refractivity contribution in [3.63, 3.8) is 0 Å². The SMILES string of the molecule is O=C(c1ccc(F)cc1)[C@@H]1[C@@H](c2ccc(Cl)cc2)C2(C(=O)c3ccccc3C2=O)[C@H]2C=Cc3cc(Cl)ccc3N12. The zero-order chi connectivity index (χ0) is 27.8. The van der Waals surface area contributed by atoms with Crippen LogP contribution in [-0.4, -0.2) is 29.4 Å². The molecule has 3 aliphatic rings. The molecule has 0 unspecified atom stereocenters. The van der Waals surface area contributed by atoms with Crippen LogP contribution >= 0.6 is 23.2 Å². The van der Waals surface area contributed by atoms with E-state index in [1.165, 1.54) is 24.3 Å². The van der Waals surface area contributed by atoms with E-state index in [4.69, 9.17) is 23.2 Å². The Balaban J connectivity index is 1.54. The Kier molecular flexibility index (Phi) is 5.60. The molecule has 0 radical (unpaired) electrons. The molecule has 2 aliphatic heterocycles. The smallest absolute Gasteiger partial charge is 0.185 e. The molecule has 1 fully saturated rings. The monoisotopic (exact) mass is 567 g/mol. The van der Waals surface area contributed by atoms with Crippen LogP contribution in [0.3, 0.4) is 0 Å². The van der Waals surface area contributed by atoms with Gasteiger partial charge in [-0.05, 0) is 65.7 Å². The van der Waals surface area contributed by atoms with Crippen LogP contribution in [0.5, 0.6) is 0 Å². The van der Waals surface area contributed by atoms with Gasteiger partial charge in [0.2, 0.25) is 0 Å². The number of carbonyl (C=O) groups is 3. The highest BCUT2D eigenvalue weighted by atomic mass is 35.5. The quantitative estimate of drug-likeness (QED) is 0.190. The summed E-state index contributed by atoms with van der Waals surface area (Å²) in [7, 11) is 0. The minimum absolute atomic E-state index is 0.279. The summed E-state index contributed by atoms with van der Waals surface area (Å²) in [6.45, 7) is 0. The number of fused-ring (bicyclic) bond motifs is 5. The number of Topliss-reactive ketones (excluding diaryl/α,β-unsaturated/α-hetero) is 3. The fourth-order valence-electron chi connectivity index (χ4n) is 6.78. The molecule has 4 aromatic carbocycles. The predicted octanol–water partition coefficient (Wildman–Crippen LogP) is 7.45. The lowest BCUT2D eigenvalue weighted by Gasteiger charge is -2.37. The van der Waals surface area contributed by atoms with Crippen LogP contribution in [0.15, 0.2) is 97.1 Å². The molecule has 0 bridgehead atoms. The summed E-state index contributed by atoms with van der Waals surface area (Å²) in [6, 6.07) is 22.7. The molecule has 196 valence electrons. The van der Waals surface area contributed by atoms with E-state index in [1.54, 1.807) is 60.7 Å². The van der Waals surface area contributed by atoms with Crippen molar-refractivity contribution in [2.75, 3.05) is 4.90 Å². The molecule has 0 amide bonds. The van der Waals surface area contributed by atoms with Crippen LogP contribution in [0.25, 0.3) is 6.08 Å². The average Bonchev–Trinajstić information content (AvgIpc) is 3.39. The molecule has 4 aromatic rings. The van der Waals surface area contributed by atoms with Crippen LogP contribution in [0.4, 0.5) is 10.1 Å². The van der Waals surface area contributed by atoms with Crippen LogP contribution in [0.1, 0.15) is 48.1 Å². The van der Waals surface area contributed by atoms with Crippen molar-refractivity contribution in [3.8, 4) is 0 Å². The molecule has 40 heavy (non-hydrogen) atoms. The molecule has 2 heterocycles. The Bertz CT molecular complexity index is 1730. The maximum atomic E-state index is 14.6. The number of rotatable bonds is 3. The van der Waals surface area contributed by atoms with Gasteiger partial charge >= 0.3 is 0 Å². The molecule has 1 saturated heterocycles. The summed E-state index contributed by atoms with van der Waals surface area (Å²) in [5.41, 5.74) is 1.44. The molecule has 1 spiro atoms. The molecule has 3 atom stereocenters. The van der Waals surface area contributed by atoms with Gasteiger partial charge in [-0.1, -0.05) is 71.8 Å². The highest BCUT2D eigenvalue weighted by molar-refractivity contribution is 6.33. The van der Waals surface area contributed by atoms with Crippen molar-refractivity contribution in [1.82, 2.24) is 0 Å². The van der Waals surface area contributed by atoms with Crippen molar-refractivity contribution >= 4 is 52.3 Å². The van der Waals surface area contributed by atoms with E-state index >= 15 is 0 Å². The van der Waals surface area contributed by atoms with Gasteiger partial charge in [-0.15, -0.1) is 0 Å². The number of ketones is 3. The van der Waals surface area contributed by atoms with Crippen molar-refractivity contribution in [2.45, 2.75) is 18.0 Å². The van der Waals surface area contributed by atoms with Gasteiger partial charge in [0, 0.05) is 38.3 Å². The number of hydrogen-bond donors (Lipinski definition) is 0. The highest BCUT2D eigenvalue weighted by Crippen LogP contribution is 2.61. The zero-order valence-electron chi connectivity index (χ0n) is 20.9. The maximum Gasteiger partial charge on any atom is 0.185 e. The van der Waals surface area contributed by atoms with Crippen LogP contribution in [-0.2, 0) is 0 Å². The number of halogens is 3. The van der Waals surface area contributed by atoms with Gasteiger partial charge in [0.15, 0.2) is 17.3 Å². The molecular formula is C33H20Cl2FNO3. The Morgan fingerprint density at radius 3 is 2.08 bits per heavy atom. The second-order valence-electron chi connectivity index (χ2n) is 10.3. The molecular weight excluding hydrogens is 548 g/mol. The summed E-state index contributed by atoms with van der Waals surface area (Å²) in [5, 5.41) is 1.01. The van der Waals surface area contributed by atoms with Crippen molar-refractivity contribution in [3.05, 3.63) is 141 Å². The van der Waals surface area contributed by atoms with Gasteiger partial charge in [0.05, 0.1) is 6.04 Å². The van der Waals surface area contributed by atoms with Crippen LogP contribution < -0.4 is 4.90 Å². The van der Waals surface area contributed by atoms with E-state index in [-0.39, 0.29) is 22.9 Å². The Morgan fingerprint density at radius 1 is 0.800 bits per heavy atom. The molecule has 4 nitrogen and oxygen atoms in total. The normalized spacial score (nSPS) is 21.9.